The van der Waals surface area contributed by atoms with Crippen molar-refractivity contribution in [3.63, 3.8) is 0 Å². The summed E-state index contributed by atoms with van der Waals surface area (Å²) in [6, 6.07) is 4.06. The summed E-state index contributed by atoms with van der Waals surface area (Å²) in [4.78, 5) is 10.8. The van der Waals surface area contributed by atoms with Crippen molar-refractivity contribution in [3.05, 3.63) is 23.8 Å². The molecule has 0 saturated carbocycles. The third-order valence-electron chi connectivity index (χ3n) is 2.11. The van der Waals surface area contributed by atoms with Crippen LogP contribution in [0.4, 0.5) is 0 Å². The highest BCUT2D eigenvalue weighted by atomic mass is 16.4. The molecule has 76 valence electrons. The highest BCUT2D eigenvalue weighted by Crippen LogP contribution is 2.29. The predicted octanol–water partition coefficient (Wildman–Crippen LogP) is 1.68. The molecule has 1 unspecified atom stereocenters. The maximum absolute atomic E-state index is 10.8. The average molecular weight is 196 g/mol. The van der Waals surface area contributed by atoms with E-state index in [2.05, 4.69) is 0 Å². The fourth-order valence-corrected chi connectivity index (χ4v) is 1.31. The normalized spacial score (nSPS) is 12.4. The van der Waals surface area contributed by atoms with E-state index in [9.17, 15) is 9.90 Å². The number of benzene rings is 1. The van der Waals surface area contributed by atoms with E-state index in [-0.39, 0.29) is 11.5 Å². The quantitative estimate of drug-likeness (QED) is 0.642. The van der Waals surface area contributed by atoms with E-state index in [0.29, 0.717) is 12.0 Å². The van der Waals surface area contributed by atoms with Crippen molar-refractivity contribution in [2.75, 3.05) is 0 Å². The van der Waals surface area contributed by atoms with Gasteiger partial charge < -0.3 is 15.3 Å². The van der Waals surface area contributed by atoms with Crippen molar-refractivity contribution in [1.82, 2.24) is 0 Å². The van der Waals surface area contributed by atoms with Crippen LogP contribution < -0.4 is 0 Å². The maximum atomic E-state index is 10.8. The zero-order chi connectivity index (χ0) is 10.7. The van der Waals surface area contributed by atoms with Crippen LogP contribution in [0, 0.1) is 0 Å². The van der Waals surface area contributed by atoms with E-state index in [1.54, 1.807) is 6.92 Å². The second-order valence-corrected chi connectivity index (χ2v) is 3.05. The summed E-state index contributed by atoms with van der Waals surface area (Å²) in [7, 11) is 0. The Morgan fingerprint density at radius 1 is 1.36 bits per heavy atom. The largest absolute Gasteiger partial charge is 0.504 e. The minimum absolute atomic E-state index is 0.242. The fraction of sp³-hybridized carbons (Fsp3) is 0.300. The number of rotatable bonds is 3. The molecule has 1 atom stereocenters. The third-order valence-corrected chi connectivity index (χ3v) is 2.11. The van der Waals surface area contributed by atoms with Crippen LogP contribution in [0.15, 0.2) is 18.2 Å². The maximum Gasteiger partial charge on any atom is 0.310 e. The minimum Gasteiger partial charge on any atom is -0.504 e. The van der Waals surface area contributed by atoms with Crippen LogP contribution in [0.1, 0.15) is 24.8 Å². The van der Waals surface area contributed by atoms with Crippen molar-refractivity contribution in [2.45, 2.75) is 19.3 Å². The summed E-state index contributed by atoms with van der Waals surface area (Å²) in [5.41, 5.74) is 0.496. The number of phenols is 2. The lowest BCUT2D eigenvalue weighted by atomic mass is 9.96. The van der Waals surface area contributed by atoms with Gasteiger partial charge in [-0.2, -0.15) is 0 Å². The molecule has 0 amide bonds. The number of carboxylic acids is 1. The molecule has 0 aliphatic heterocycles. The summed E-state index contributed by atoms with van der Waals surface area (Å²) in [6.45, 7) is 1.75. The summed E-state index contributed by atoms with van der Waals surface area (Å²) in [5.74, 6) is -2.10. The van der Waals surface area contributed by atoms with E-state index in [1.165, 1.54) is 18.2 Å². The first-order valence-corrected chi connectivity index (χ1v) is 4.31. The Morgan fingerprint density at radius 2 is 2.00 bits per heavy atom. The summed E-state index contributed by atoms with van der Waals surface area (Å²) in [6.07, 6.45) is 0.444. The molecule has 0 saturated heterocycles. The first kappa shape index (κ1) is 10.4. The topological polar surface area (TPSA) is 77.8 Å². The molecule has 4 heteroatoms. The average Bonchev–Trinajstić information content (AvgIpc) is 2.11. The molecule has 0 fully saturated rings. The van der Waals surface area contributed by atoms with Crippen LogP contribution in [0.5, 0.6) is 11.5 Å². The van der Waals surface area contributed by atoms with E-state index in [0.717, 1.165) is 0 Å². The molecular weight excluding hydrogens is 184 g/mol. The van der Waals surface area contributed by atoms with Gasteiger partial charge >= 0.3 is 5.97 Å². The molecule has 0 spiro atoms. The van der Waals surface area contributed by atoms with E-state index in [4.69, 9.17) is 10.2 Å². The third kappa shape index (κ3) is 1.96. The second-order valence-electron chi connectivity index (χ2n) is 3.05. The van der Waals surface area contributed by atoms with Crippen LogP contribution >= 0.6 is 0 Å². The number of carbonyl (C=O) groups is 1. The second kappa shape index (κ2) is 4.00. The Kier molecular flexibility index (Phi) is 2.96. The first-order valence-electron chi connectivity index (χ1n) is 4.31. The molecule has 0 aliphatic carbocycles. The number of aliphatic carboxylic acids is 1. The first-order chi connectivity index (χ1) is 6.56. The minimum atomic E-state index is -0.933. The molecular formula is C10H12O4. The lowest BCUT2D eigenvalue weighted by molar-refractivity contribution is -0.138. The van der Waals surface area contributed by atoms with Crippen molar-refractivity contribution in [3.8, 4) is 11.5 Å². The molecule has 1 aromatic carbocycles. The smallest absolute Gasteiger partial charge is 0.310 e. The number of aromatic hydroxyl groups is 2. The van der Waals surface area contributed by atoms with Gasteiger partial charge in [-0.3, -0.25) is 4.79 Å². The van der Waals surface area contributed by atoms with Gasteiger partial charge in [0, 0.05) is 0 Å². The lowest BCUT2D eigenvalue weighted by Crippen LogP contribution is -2.10. The molecule has 0 radical (unpaired) electrons. The van der Waals surface area contributed by atoms with Crippen LogP contribution in [0.2, 0.25) is 0 Å². The number of carboxylic acid groups (broad SMARTS) is 1. The molecule has 3 N–H and O–H groups in total. The van der Waals surface area contributed by atoms with Gasteiger partial charge in [-0.15, -0.1) is 0 Å². The Hall–Kier alpha value is -1.71. The standard InChI is InChI=1S/C10H12O4/c1-2-7(10(13)14)6-3-4-8(11)9(12)5-6/h3-5,7,11-12H,2H2,1H3,(H,13,14). The molecule has 0 bridgehead atoms. The summed E-state index contributed by atoms with van der Waals surface area (Å²) in [5, 5.41) is 27.1. The monoisotopic (exact) mass is 196 g/mol. The molecule has 0 aliphatic rings. The van der Waals surface area contributed by atoms with Gasteiger partial charge in [0.15, 0.2) is 11.5 Å². The predicted molar refractivity (Wildman–Crippen MR) is 50.4 cm³/mol. The van der Waals surface area contributed by atoms with Gasteiger partial charge in [-0.05, 0) is 24.1 Å². The molecule has 14 heavy (non-hydrogen) atoms. The Labute approximate surface area is 81.4 Å². The van der Waals surface area contributed by atoms with Gasteiger partial charge in [0.2, 0.25) is 0 Å². The van der Waals surface area contributed by atoms with Crippen molar-refractivity contribution in [1.29, 1.82) is 0 Å². The molecule has 4 nitrogen and oxygen atoms in total. The Balaban J connectivity index is 3.06. The zero-order valence-electron chi connectivity index (χ0n) is 7.77. The lowest BCUT2D eigenvalue weighted by Gasteiger charge is -2.10. The van der Waals surface area contributed by atoms with Gasteiger partial charge in [0.1, 0.15) is 0 Å². The summed E-state index contributed by atoms with van der Waals surface area (Å²) < 4.78 is 0. The van der Waals surface area contributed by atoms with Crippen LogP contribution in [-0.4, -0.2) is 21.3 Å². The molecule has 1 aromatic rings. The van der Waals surface area contributed by atoms with Crippen molar-refractivity contribution < 1.29 is 20.1 Å². The zero-order valence-corrected chi connectivity index (χ0v) is 7.77. The van der Waals surface area contributed by atoms with Gasteiger partial charge in [-0.1, -0.05) is 13.0 Å². The van der Waals surface area contributed by atoms with E-state index >= 15 is 0 Å². The molecule has 1 rings (SSSR count). The van der Waals surface area contributed by atoms with Gasteiger partial charge in [0.25, 0.3) is 0 Å². The van der Waals surface area contributed by atoms with Crippen LogP contribution in [-0.2, 0) is 4.79 Å². The van der Waals surface area contributed by atoms with Crippen LogP contribution in [0.3, 0.4) is 0 Å². The number of hydrogen-bond acceptors (Lipinski definition) is 3. The molecule has 0 heterocycles. The Morgan fingerprint density at radius 3 is 2.43 bits per heavy atom. The van der Waals surface area contributed by atoms with Crippen molar-refractivity contribution >= 4 is 5.97 Å². The van der Waals surface area contributed by atoms with Gasteiger partial charge in [-0.25, -0.2) is 0 Å². The molecule has 0 aromatic heterocycles. The summed E-state index contributed by atoms with van der Waals surface area (Å²) >= 11 is 0. The Bertz CT molecular complexity index is 346. The van der Waals surface area contributed by atoms with Crippen molar-refractivity contribution in [2.24, 2.45) is 0 Å². The van der Waals surface area contributed by atoms with Gasteiger partial charge in [0.05, 0.1) is 5.92 Å². The number of hydrogen-bond donors (Lipinski definition) is 3. The van der Waals surface area contributed by atoms with Crippen LogP contribution in [0.25, 0.3) is 0 Å². The van der Waals surface area contributed by atoms with E-state index < -0.39 is 11.9 Å². The highest BCUT2D eigenvalue weighted by molar-refractivity contribution is 5.76. The highest BCUT2D eigenvalue weighted by Gasteiger charge is 2.18. The van der Waals surface area contributed by atoms with E-state index in [1.807, 2.05) is 0 Å². The number of phenolic OH excluding ortho intramolecular Hbond substituents is 2. The SMILES string of the molecule is CCC(C(=O)O)c1ccc(O)c(O)c1. The fourth-order valence-electron chi connectivity index (χ4n) is 1.31.